The van der Waals surface area contributed by atoms with Gasteiger partial charge in [-0.25, -0.2) is 4.79 Å². The molecule has 0 aliphatic carbocycles. The zero-order chi connectivity index (χ0) is 25.4. The predicted octanol–water partition coefficient (Wildman–Crippen LogP) is 8.23. The summed E-state index contributed by atoms with van der Waals surface area (Å²) < 4.78 is 9.42. The lowest BCUT2D eigenvalue weighted by molar-refractivity contribution is 0.0531. The van der Waals surface area contributed by atoms with Gasteiger partial charge in [0.1, 0.15) is 0 Å². The van der Waals surface area contributed by atoms with Gasteiger partial charge in [-0.3, -0.25) is 4.79 Å². The molecule has 0 unspecified atom stereocenters. The average Bonchev–Trinajstić information content (AvgIpc) is 3.39. The van der Waals surface area contributed by atoms with Crippen molar-refractivity contribution in [1.82, 2.24) is 4.40 Å². The number of fused-ring (bicyclic) bond motifs is 3. The van der Waals surface area contributed by atoms with Crippen molar-refractivity contribution in [2.75, 3.05) is 6.61 Å². The van der Waals surface area contributed by atoms with Gasteiger partial charge in [-0.05, 0) is 73.9 Å². The minimum Gasteiger partial charge on any atom is -0.462 e. The predicted molar refractivity (Wildman–Crippen MR) is 152 cm³/mol. The highest BCUT2D eigenvalue weighted by Crippen LogP contribution is 2.45. The Kier molecular flexibility index (Phi) is 7.06. The molecule has 0 fully saturated rings. The standard InChI is InChI=1S/C29H24BrNO3S2/c1-4-34-28(33)23-22-15-17(2)13-14-31(22)25-24(23)27(26(32)19-9-11-21(30)12-10-19)36-29(25)35-16-20-8-6-5-7-18(20)3/h5-15H,4,16H2,1-3H3. The summed E-state index contributed by atoms with van der Waals surface area (Å²) in [5, 5.41) is 0.671. The molecule has 0 aliphatic rings. The van der Waals surface area contributed by atoms with Crippen LogP contribution in [0.15, 0.2) is 75.5 Å². The monoisotopic (exact) mass is 577 g/mol. The summed E-state index contributed by atoms with van der Waals surface area (Å²) in [6.07, 6.45) is 1.98. The van der Waals surface area contributed by atoms with Gasteiger partial charge in [0.15, 0.2) is 0 Å². The fourth-order valence-electron chi connectivity index (χ4n) is 4.29. The molecule has 0 spiro atoms. The van der Waals surface area contributed by atoms with Crippen LogP contribution in [0.25, 0.3) is 16.4 Å². The maximum Gasteiger partial charge on any atom is 0.341 e. The number of carbonyl (C=O) groups excluding carboxylic acids is 2. The second kappa shape index (κ2) is 10.2. The Morgan fingerprint density at radius 3 is 2.53 bits per heavy atom. The number of pyridine rings is 1. The van der Waals surface area contributed by atoms with E-state index in [0.717, 1.165) is 31.0 Å². The minimum atomic E-state index is -0.409. The van der Waals surface area contributed by atoms with Crippen LogP contribution in [0, 0.1) is 13.8 Å². The number of ether oxygens (including phenoxy) is 1. The average molecular weight is 579 g/mol. The molecule has 0 aliphatic heterocycles. The summed E-state index contributed by atoms with van der Waals surface area (Å²) in [5.74, 6) is 0.259. The van der Waals surface area contributed by atoms with Crippen LogP contribution in [0.5, 0.6) is 0 Å². The quantitative estimate of drug-likeness (QED) is 0.111. The van der Waals surface area contributed by atoms with Crippen LogP contribution in [0.4, 0.5) is 0 Å². The number of esters is 1. The maximum absolute atomic E-state index is 13.8. The number of halogens is 1. The molecule has 3 heterocycles. The van der Waals surface area contributed by atoms with Crippen LogP contribution in [-0.4, -0.2) is 22.8 Å². The zero-order valence-electron chi connectivity index (χ0n) is 20.1. The number of nitrogens with zero attached hydrogens (tertiary/aromatic N) is 1. The first-order valence-electron chi connectivity index (χ1n) is 11.6. The van der Waals surface area contributed by atoms with Gasteiger partial charge in [-0.2, -0.15) is 0 Å². The smallest absolute Gasteiger partial charge is 0.341 e. The van der Waals surface area contributed by atoms with Crippen LogP contribution in [0.1, 0.15) is 49.2 Å². The normalized spacial score (nSPS) is 11.3. The van der Waals surface area contributed by atoms with Gasteiger partial charge >= 0.3 is 5.97 Å². The maximum atomic E-state index is 13.8. The van der Waals surface area contributed by atoms with Gasteiger partial charge in [0.25, 0.3) is 0 Å². The SMILES string of the molecule is CCOC(=O)c1c2c(C(=O)c3ccc(Br)cc3)sc(SCc3ccccc3C)c2n2ccc(C)cc12. The Hall–Kier alpha value is -2.87. The molecule has 3 aromatic heterocycles. The van der Waals surface area contributed by atoms with Crippen molar-refractivity contribution in [3.63, 3.8) is 0 Å². The van der Waals surface area contributed by atoms with Gasteiger partial charge in [-0.15, -0.1) is 23.1 Å². The molecular weight excluding hydrogens is 554 g/mol. The Balaban J connectivity index is 1.75. The molecule has 0 radical (unpaired) electrons. The molecule has 0 saturated carbocycles. The second-order valence-electron chi connectivity index (χ2n) is 8.55. The zero-order valence-corrected chi connectivity index (χ0v) is 23.4. The number of thiophene rings is 1. The topological polar surface area (TPSA) is 47.8 Å². The summed E-state index contributed by atoms with van der Waals surface area (Å²) >= 11 is 6.59. The molecule has 5 rings (SSSR count). The van der Waals surface area contributed by atoms with Crippen LogP contribution in [0.2, 0.25) is 0 Å². The van der Waals surface area contributed by atoms with E-state index < -0.39 is 5.97 Å². The minimum absolute atomic E-state index is 0.0987. The lowest BCUT2D eigenvalue weighted by Crippen LogP contribution is -2.06. The molecule has 182 valence electrons. The third-order valence-electron chi connectivity index (χ3n) is 6.12. The molecule has 0 N–H and O–H groups in total. The van der Waals surface area contributed by atoms with E-state index in [9.17, 15) is 9.59 Å². The number of carbonyl (C=O) groups is 2. The molecule has 36 heavy (non-hydrogen) atoms. The number of thioether (sulfide) groups is 1. The summed E-state index contributed by atoms with van der Waals surface area (Å²) in [7, 11) is 0. The molecular formula is C29H24BrNO3S2. The van der Waals surface area contributed by atoms with E-state index in [0.29, 0.717) is 21.4 Å². The van der Waals surface area contributed by atoms with Crippen molar-refractivity contribution in [2.24, 2.45) is 0 Å². The molecule has 5 aromatic rings. The van der Waals surface area contributed by atoms with Crippen LogP contribution in [0.3, 0.4) is 0 Å². The van der Waals surface area contributed by atoms with Gasteiger partial charge < -0.3 is 9.14 Å². The first-order chi connectivity index (χ1) is 17.4. The molecule has 0 saturated heterocycles. The lowest BCUT2D eigenvalue weighted by atomic mass is 10.1. The largest absolute Gasteiger partial charge is 0.462 e. The van der Waals surface area contributed by atoms with Crippen molar-refractivity contribution < 1.29 is 14.3 Å². The summed E-state index contributed by atoms with van der Waals surface area (Å²) in [5.41, 5.74) is 6.18. The second-order valence-corrected chi connectivity index (χ2v) is 11.7. The molecule has 0 amide bonds. The highest BCUT2D eigenvalue weighted by atomic mass is 79.9. The van der Waals surface area contributed by atoms with Gasteiger partial charge in [-0.1, -0.05) is 40.2 Å². The van der Waals surface area contributed by atoms with Gasteiger partial charge in [0.2, 0.25) is 5.78 Å². The number of hydrogen-bond donors (Lipinski definition) is 0. The van der Waals surface area contributed by atoms with E-state index in [2.05, 4.69) is 35.0 Å². The van der Waals surface area contributed by atoms with Crippen LogP contribution < -0.4 is 0 Å². The first-order valence-corrected chi connectivity index (χ1v) is 14.2. The van der Waals surface area contributed by atoms with Crippen molar-refractivity contribution in [1.29, 1.82) is 0 Å². The van der Waals surface area contributed by atoms with Crippen molar-refractivity contribution >= 4 is 67.2 Å². The van der Waals surface area contributed by atoms with Gasteiger partial charge in [0, 0.05) is 27.4 Å². The van der Waals surface area contributed by atoms with Crippen molar-refractivity contribution in [2.45, 2.75) is 30.7 Å². The Bertz CT molecular complexity index is 1620. The molecule has 0 bridgehead atoms. The molecule has 7 heteroatoms. The van der Waals surface area contributed by atoms with E-state index >= 15 is 0 Å². The van der Waals surface area contributed by atoms with E-state index in [4.69, 9.17) is 4.74 Å². The van der Waals surface area contributed by atoms with Crippen molar-refractivity contribution in [3.05, 3.63) is 104 Å². The third kappa shape index (κ3) is 4.51. The highest BCUT2D eigenvalue weighted by molar-refractivity contribution is 9.10. The summed E-state index contributed by atoms with van der Waals surface area (Å²) in [4.78, 5) is 27.7. The molecule has 2 aromatic carbocycles. The Labute approximate surface area is 226 Å². The van der Waals surface area contributed by atoms with Crippen LogP contribution in [-0.2, 0) is 10.5 Å². The first kappa shape index (κ1) is 24.8. The van der Waals surface area contributed by atoms with Crippen LogP contribution >= 0.6 is 39.0 Å². The third-order valence-corrected chi connectivity index (χ3v) is 9.14. The number of benzene rings is 2. The number of rotatable bonds is 7. The Morgan fingerprint density at radius 1 is 1.06 bits per heavy atom. The number of hydrogen-bond acceptors (Lipinski definition) is 5. The Morgan fingerprint density at radius 2 is 1.81 bits per heavy atom. The van der Waals surface area contributed by atoms with E-state index in [-0.39, 0.29) is 12.4 Å². The van der Waals surface area contributed by atoms with E-state index in [1.165, 1.54) is 22.5 Å². The van der Waals surface area contributed by atoms with E-state index in [1.807, 2.05) is 66.1 Å². The summed E-state index contributed by atoms with van der Waals surface area (Å²) in [6, 6.07) is 19.7. The fraction of sp³-hybridized carbons (Fsp3) is 0.172. The van der Waals surface area contributed by atoms with E-state index in [1.54, 1.807) is 18.7 Å². The highest BCUT2D eigenvalue weighted by Gasteiger charge is 2.29. The number of aromatic nitrogens is 1. The fourth-order valence-corrected chi connectivity index (χ4v) is 7.16. The van der Waals surface area contributed by atoms with Crippen molar-refractivity contribution in [3.8, 4) is 0 Å². The lowest BCUT2D eigenvalue weighted by Gasteiger charge is -2.06. The molecule has 0 atom stereocenters. The number of aryl methyl sites for hydroxylation is 2. The molecule has 4 nitrogen and oxygen atoms in total. The summed E-state index contributed by atoms with van der Waals surface area (Å²) in [6.45, 7) is 6.16. The number of ketones is 1. The van der Waals surface area contributed by atoms with Gasteiger partial charge in [0.05, 0.1) is 32.3 Å².